The van der Waals surface area contributed by atoms with E-state index in [1.54, 1.807) is 4.90 Å². The van der Waals surface area contributed by atoms with Crippen molar-refractivity contribution in [3.63, 3.8) is 0 Å². The van der Waals surface area contributed by atoms with E-state index in [4.69, 9.17) is 4.74 Å². The molecule has 1 aromatic rings. The molecule has 0 aromatic heterocycles. The van der Waals surface area contributed by atoms with Gasteiger partial charge >= 0.3 is 5.97 Å². The Morgan fingerprint density at radius 1 is 1.14 bits per heavy atom. The molecule has 3 saturated heterocycles. The Labute approximate surface area is 163 Å². The van der Waals surface area contributed by atoms with Gasteiger partial charge in [0.1, 0.15) is 6.10 Å². The molecule has 0 saturated carbocycles. The fourth-order valence-electron chi connectivity index (χ4n) is 4.74. The van der Waals surface area contributed by atoms with E-state index in [9.17, 15) is 18.4 Å². The molecule has 0 aliphatic carbocycles. The van der Waals surface area contributed by atoms with Crippen molar-refractivity contribution in [1.29, 1.82) is 0 Å². The molecule has 4 rings (SSSR count). The van der Waals surface area contributed by atoms with Crippen LogP contribution < -0.4 is 0 Å². The standard InChI is InChI=1S/C21H26F2N2O3/c22-17-5-3-4-15(19(17)23)12-18(26)25-10-6-21(7-11-25)13-16(28-20(21)27)14-24-8-1-2-9-24/h3-5,16H,1-2,6-14H2. The van der Waals surface area contributed by atoms with Crippen LogP contribution >= 0.6 is 0 Å². The van der Waals surface area contributed by atoms with Gasteiger partial charge in [0, 0.05) is 31.6 Å². The number of benzene rings is 1. The molecule has 152 valence electrons. The van der Waals surface area contributed by atoms with Crippen LogP contribution in [0.1, 0.15) is 37.7 Å². The molecule has 0 N–H and O–H groups in total. The number of hydrogen-bond donors (Lipinski definition) is 0. The van der Waals surface area contributed by atoms with Crippen molar-refractivity contribution >= 4 is 11.9 Å². The van der Waals surface area contributed by atoms with Gasteiger partial charge in [0.05, 0.1) is 11.8 Å². The van der Waals surface area contributed by atoms with Crippen molar-refractivity contribution < 1.29 is 23.1 Å². The molecule has 5 nitrogen and oxygen atoms in total. The zero-order valence-electron chi connectivity index (χ0n) is 16.0. The molecule has 3 aliphatic heterocycles. The molecule has 3 heterocycles. The zero-order valence-corrected chi connectivity index (χ0v) is 16.0. The molecule has 0 radical (unpaired) electrons. The van der Waals surface area contributed by atoms with E-state index >= 15 is 0 Å². The summed E-state index contributed by atoms with van der Waals surface area (Å²) in [6.45, 7) is 3.83. The molecular formula is C21H26F2N2O3. The number of nitrogens with zero attached hydrogens (tertiary/aromatic N) is 2. The lowest BCUT2D eigenvalue weighted by Crippen LogP contribution is -2.45. The molecule has 1 spiro atoms. The van der Waals surface area contributed by atoms with Gasteiger partial charge in [-0.3, -0.25) is 14.5 Å². The minimum absolute atomic E-state index is 0.0609. The third-order valence-electron chi connectivity index (χ3n) is 6.43. The summed E-state index contributed by atoms with van der Waals surface area (Å²) in [6.07, 6.45) is 4.03. The molecule has 1 aromatic carbocycles. The van der Waals surface area contributed by atoms with Crippen LogP contribution in [0.4, 0.5) is 8.78 Å². The van der Waals surface area contributed by atoms with Gasteiger partial charge in [-0.15, -0.1) is 0 Å². The van der Waals surface area contributed by atoms with Crippen molar-refractivity contribution in [3.8, 4) is 0 Å². The fourth-order valence-corrected chi connectivity index (χ4v) is 4.74. The number of esters is 1. The number of halogens is 2. The van der Waals surface area contributed by atoms with Gasteiger partial charge < -0.3 is 9.64 Å². The van der Waals surface area contributed by atoms with Gasteiger partial charge in [0.25, 0.3) is 0 Å². The highest BCUT2D eigenvalue weighted by Gasteiger charge is 2.51. The molecule has 1 atom stereocenters. The number of amides is 1. The number of likely N-dealkylation sites (tertiary alicyclic amines) is 2. The van der Waals surface area contributed by atoms with Gasteiger partial charge in [0.15, 0.2) is 11.6 Å². The minimum atomic E-state index is -0.964. The van der Waals surface area contributed by atoms with E-state index < -0.39 is 17.0 Å². The molecule has 28 heavy (non-hydrogen) atoms. The first-order valence-corrected chi connectivity index (χ1v) is 10.1. The maximum absolute atomic E-state index is 13.8. The number of hydrogen-bond acceptors (Lipinski definition) is 4. The second-order valence-electron chi connectivity index (χ2n) is 8.29. The molecule has 3 aliphatic rings. The van der Waals surface area contributed by atoms with E-state index in [1.165, 1.54) is 25.0 Å². The van der Waals surface area contributed by atoms with Crippen LogP contribution in [0.5, 0.6) is 0 Å². The number of cyclic esters (lactones) is 1. The molecular weight excluding hydrogens is 366 g/mol. The maximum Gasteiger partial charge on any atom is 0.312 e. The Bertz CT molecular complexity index is 756. The summed E-state index contributed by atoms with van der Waals surface area (Å²) in [6, 6.07) is 3.87. The van der Waals surface area contributed by atoms with Crippen LogP contribution in [-0.4, -0.2) is 60.5 Å². The first-order valence-electron chi connectivity index (χ1n) is 10.1. The van der Waals surface area contributed by atoms with E-state index in [-0.39, 0.29) is 30.0 Å². The Morgan fingerprint density at radius 3 is 2.57 bits per heavy atom. The maximum atomic E-state index is 13.8. The molecule has 1 amide bonds. The molecule has 1 unspecified atom stereocenters. The molecule has 0 bridgehead atoms. The van der Waals surface area contributed by atoms with Gasteiger partial charge in [-0.25, -0.2) is 8.78 Å². The summed E-state index contributed by atoms with van der Waals surface area (Å²) in [5.41, 5.74) is -0.429. The number of piperidine rings is 1. The van der Waals surface area contributed by atoms with Crippen LogP contribution in [-0.2, 0) is 20.7 Å². The first kappa shape index (κ1) is 19.3. The average molecular weight is 392 g/mol. The normalized spacial score (nSPS) is 24.7. The topological polar surface area (TPSA) is 49.9 Å². The lowest BCUT2D eigenvalue weighted by atomic mass is 9.76. The first-order chi connectivity index (χ1) is 13.5. The van der Waals surface area contributed by atoms with E-state index in [2.05, 4.69) is 4.90 Å². The van der Waals surface area contributed by atoms with Gasteiger partial charge in [-0.05, 0) is 44.8 Å². The Hall–Kier alpha value is -2.02. The SMILES string of the molecule is O=C(Cc1cccc(F)c1F)N1CCC2(CC1)CC(CN1CCCC1)OC2=O. The number of ether oxygens (including phenoxy) is 1. The quantitative estimate of drug-likeness (QED) is 0.739. The molecule has 7 heteroatoms. The zero-order chi connectivity index (χ0) is 19.7. The largest absolute Gasteiger partial charge is 0.461 e. The summed E-state index contributed by atoms with van der Waals surface area (Å²) in [5, 5.41) is 0. The van der Waals surface area contributed by atoms with Gasteiger partial charge in [-0.1, -0.05) is 12.1 Å². The summed E-state index contributed by atoms with van der Waals surface area (Å²) < 4.78 is 32.8. The number of carbonyl (C=O) groups is 2. The van der Waals surface area contributed by atoms with E-state index in [1.807, 2.05) is 0 Å². The van der Waals surface area contributed by atoms with Crippen LogP contribution in [0.25, 0.3) is 0 Å². The highest BCUT2D eigenvalue weighted by molar-refractivity contribution is 5.81. The Kier molecular flexibility index (Phi) is 5.36. The average Bonchev–Trinajstić information content (AvgIpc) is 3.28. The summed E-state index contributed by atoms with van der Waals surface area (Å²) in [4.78, 5) is 29.1. The van der Waals surface area contributed by atoms with Crippen molar-refractivity contribution in [2.45, 2.75) is 44.6 Å². The van der Waals surface area contributed by atoms with Crippen molar-refractivity contribution in [2.75, 3.05) is 32.7 Å². The number of carbonyl (C=O) groups excluding carboxylic acids is 2. The Morgan fingerprint density at radius 2 is 1.86 bits per heavy atom. The van der Waals surface area contributed by atoms with Crippen molar-refractivity contribution in [1.82, 2.24) is 9.80 Å². The highest BCUT2D eigenvalue weighted by Crippen LogP contribution is 2.43. The Balaban J connectivity index is 1.33. The van der Waals surface area contributed by atoms with Crippen LogP contribution in [0.2, 0.25) is 0 Å². The molecule has 3 fully saturated rings. The summed E-state index contributed by atoms with van der Waals surface area (Å²) in [7, 11) is 0. The third kappa shape index (κ3) is 3.77. The lowest BCUT2D eigenvalue weighted by molar-refractivity contribution is -0.152. The van der Waals surface area contributed by atoms with Crippen LogP contribution in [0.3, 0.4) is 0 Å². The third-order valence-corrected chi connectivity index (χ3v) is 6.43. The van der Waals surface area contributed by atoms with E-state index in [0.29, 0.717) is 32.4 Å². The summed E-state index contributed by atoms with van der Waals surface area (Å²) in [5.74, 6) is -2.28. The lowest BCUT2D eigenvalue weighted by Gasteiger charge is -2.36. The van der Waals surface area contributed by atoms with Gasteiger partial charge in [0.2, 0.25) is 5.91 Å². The monoisotopic (exact) mass is 392 g/mol. The second kappa shape index (κ2) is 7.78. The highest BCUT2D eigenvalue weighted by atomic mass is 19.2. The van der Waals surface area contributed by atoms with Crippen molar-refractivity contribution in [3.05, 3.63) is 35.4 Å². The van der Waals surface area contributed by atoms with Crippen molar-refractivity contribution in [2.24, 2.45) is 5.41 Å². The fraction of sp³-hybridized carbons (Fsp3) is 0.619. The smallest absolute Gasteiger partial charge is 0.312 e. The second-order valence-corrected chi connectivity index (χ2v) is 8.29. The predicted octanol–water partition coefficient (Wildman–Crippen LogP) is 2.53. The number of rotatable bonds is 4. The van der Waals surface area contributed by atoms with Crippen LogP contribution in [0, 0.1) is 17.0 Å². The summed E-state index contributed by atoms with van der Waals surface area (Å²) >= 11 is 0. The van der Waals surface area contributed by atoms with Crippen LogP contribution in [0.15, 0.2) is 18.2 Å². The van der Waals surface area contributed by atoms with E-state index in [0.717, 1.165) is 25.7 Å². The van der Waals surface area contributed by atoms with Gasteiger partial charge in [-0.2, -0.15) is 0 Å². The minimum Gasteiger partial charge on any atom is -0.461 e. The predicted molar refractivity (Wildman–Crippen MR) is 98.5 cm³/mol.